The predicted molar refractivity (Wildman–Crippen MR) is 185 cm³/mol. The van der Waals surface area contributed by atoms with Gasteiger partial charge >= 0.3 is 0 Å². The van der Waals surface area contributed by atoms with Crippen LogP contribution in [0, 0.1) is 0 Å². The van der Waals surface area contributed by atoms with Crippen LogP contribution in [0.25, 0.3) is 65.2 Å². The number of aromatic nitrogens is 2. The first-order chi connectivity index (χ1) is 23.5. The minimum Gasteiger partial charge on any atom is -0.457 e. The standard InChI is InChI=1S/C40H20N2O6/c43-37-25-17-19-27-35(33(25)39(45)23-13-7-15-29(31(23)37)47-21-9-3-1-4-10-21)41-28-20-18-26-34(36(28)42-27)40(46)24-14-8-16-30(32(24)38(26)44)48-22-11-5-2-6-12-22/h1-20H/p+2. The van der Waals surface area contributed by atoms with E-state index in [0.717, 1.165) is 0 Å². The van der Waals surface area contributed by atoms with E-state index in [9.17, 15) is 19.2 Å². The molecule has 0 radical (unpaired) electrons. The lowest BCUT2D eigenvalue weighted by Crippen LogP contribution is -2.24. The number of rotatable bonds is 4. The molecule has 0 fully saturated rings. The molecular weight excluding hydrogens is 604 g/mol. The fourth-order valence-electron chi connectivity index (χ4n) is 6.64. The second-order valence-corrected chi connectivity index (χ2v) is 11.6. The van der Waals surface area contributed by atoms with E-state index >= 15 is 0 Å². The van der Waals surface area contributed by atoms with Crippen molar-refractivity contribution >= 4 is 65.2 Å². The van der Waals surface area contributed by atoms with Crippen molar-refractivity contribution in [3.8, 4) is 23.0 Å². The molecule has 0 aliphatic heterocycles. The molecule has 9 aromatic rings. The van der Waals surface area contributed by atoms with Gasteiger partial charge in [-0.1, -0.05) is 60.7 Å². The molecule has 0 aliphatic rings. The molecule has 226 valence electrons. The van der Waals surface area contributed by atoms with Gasteiger partial charge < -0.3 is 9.47 Å². The molecule has 8 aromatic carbocycles. The molecule has 8 heteroatoms. The third kappa shape index (κ3) is 4.03. The monoisotopic (exact) mass is 626 g/mol. The van der Waals surface area contributed by atoms with Gasteiger partial charge in [0.1, 0.15) is 33.8 Å². The van der Waals surface area contributed by atoms with E-state index in [-0.39, 0.29) is 64.8 Å². The summed E-state index contributed by atoms with van der Waals surface area (Å²) in [5.41, 5.74) is 0.453. The maximum Gasteiger partial charge on any atom is 0.288 e. The van der Waals surface area contributed by atoms with E-state index in [2.05, 4.69) is 9.97 Å². The van der Waals surface area contributed by atoms with Crippen molar-refractivity contribution in [3.05, 3.63) is 162 Å². The summed E-state index contributed by atoms with van der Waals surface area (Å²) in [4.78, 5) is 62.7. The van der Waals surface area contributed by atoms with Crippen LogP contribution in [0.4, 0.5) is 0 Å². The van der Waals surface area contributed by atoms with Crippen LogP contribution in [-0.4, -0.2) is 0 Å². The van der Waals surface area contributed by atoms with Crippen molar-refractivity contribution in [2.24, 2.45) is 0 Å². The lowest BCUT2D eigenvalue weighted by molar-refractivity contribution is -0.359. The lowest BCUT2D eigenvalue weighted by atomic mass is 9.99. The first-order valence-corrected chi connectivity index (χ1v) is 15.3. The Morgan fingerprint density at radius 3 is 1.15 bits per heavy atom. The molecule has 0 saturated heterocycles. The molecule has 48 heavy (non-hydrogen) atoms. The van der Waals surface area contributed by atoms with Crippen LogP contribution in [0.3, 0.4) is 0 Å². The number of benzene rings is 8. The Kier molecular flexibility index (Phi) is 5.94. The highest BCUT2D eigenvalue weighted by Gasteiger charge is 2.27. The van der Waals surface area contributed by atoms with E-state index in [1.807, 2.05) is 36.4 Å². The van der Waals surface area contributed by atoms with E-state index in [0.29, 0.717) is 45.1 Å². The summed E-state index contributed by atoms with van der Waals surface area (Å²) >= 11 is 0. The molecule has 0 aliphatic carbocycles. The maximum absolute atomic E-state index is 14.1. The minimum atomic E-state index is -0.336. The molecule has 0 atom stereocenters. The Hall–Kier alpha value is -6.80. The molecule has 8 nitrogen and oxygen atoms in total. The van der Waals surface area contributed by atoms with Crippen molar-refractivity contribution in [3.63, 3.8) is 0 Å². The van der Waals surface area contributed by atoms with Crippen molar-refractivity contribution in [2.75, 3.05) is 0 Å². The molecule has 0 saturated carbocycles. The van der Waals surface area contributed by atoms with Crippen LogP contribution in [0.1, 0.15) is 0 Å². The summed E-state index contributed by atoms with van der Waals surface area (Å²) in [5, 5.41) is 1.78. The molecule has 0 amide bonds. The number of nitrogens with one attached hydrogen (secondary N) is 2. The van der Waals surface area contributed by atoms with Crippen LogP contribution in [-0.2, 0) is 0 Å². The molecule has 1 aromatic heterocycles. The smallest absolute Gasteiger partial charge is 0.288 e. The summed E-state index contributed by atoms with van der Waals surface area (Å²) < 4.78 is 12.1. The van der Waals surface area contributed by atoms with Gasteiger partial charge in [0, 0.05) is 33.7 Å². The molecule has 0 unspecified atom stereocenters. The topological polar surface area (TPSA) is 115 Å². The average molecular weight is 627 g/mol. The van der Waals surface area contributed by atoms with Crippen molar-refractivity contribution in [1.82, 2.24) is 0 Å². The Bertz CT molecular complexity index is 2820. The van der Waals surface area contributed by atoms with Crippen LogP contribution in [0.5, 0.6) is 23.0 Å². The van der Waals surface area contributed by atoms with Crippen LogP contribution < -0.4 is 41.2 Å². The summed E-state index contributed by atoms with van der Waals surface area (Å²) in [6, 6.07) is 34.7. The zero-order valence-corrected chi connectivity index (χ0v) is 25.0. The third-order valence-corrected chi connectivity index (χ3v) is 8.81. The van der Waals surface area contributed by atoms with E-state index in [1.54, 1.807) is 84.9 Å². The van der Waals surface area contributed by atoms with Crippen LogP contribution >= 0.6 is 0 Å². The zero-order valence-electron chi connectivity index (χ0n) is 25.0. The first kappa shape index (κ1) is 27.5. The lowest BCUT2D eigenvalue weighted by Gasteiger charge is -2.09. The predicted octanol–water partition coefficient (Wildman–Crippen LogP) is 6.14. The van der Waals surface area contributed by atoms with E-state index in [1.165, 1.54) is 0 Å². The van der Waals surface area contributed by atoms with Gasteiger partial charge in [-0.3, -0.25) is 19.2 Å². The normalized spacial score (nSPS) is 11.7. The van der Waals surface area contributed by atoms with Gasteiger partial charge in [-0.05, 0) is 48.5 Å². The Morgan fingerprint density at radius 1 is 0.354 bits per heavy atom. The van der Waals surface area contributed by atoms with Crippen LogP contribution in [0.2, 0.25) is 0 Å². The minimum absolute atomic E-state index is 0.204. The van der Waals surface area contributed by atoms with Gasteiger partial charge in [-0.25, -0.2) is 0 Å². The third-order valence-electron chi connectivity index (χ3n) is 8.81. The van der Waals surface area contributed by atoms with Crippen molar-refractivity contribution < 1.29 is 19.4 Å². The maximum atomic E-state index is 14.1. The van der Waals surface area contributed by atoms with Crippen molar-refractivity contribution in [1.29, 1.82) is 0 Å². The van der Waals surface area contributed by atoms with Gasteiger partial charge in [0.25, 0.3) is 22.1 Å². The summed E-state index contributed by atoms with van der Waals surface area (Å²) in [6.07, 6.45) is 0. The Labute approximate surface area is 269 Å². The van der Waals surface area contributed by atoms with Crippen molar-refractivity contribution in [2.45, 2.75) is 0 Å². The Balaban J connectivity index is 1.29. The first-order valence-electron chi connectivity index (χ1n) is 15.3. The van der Waals surface area contributed by atoms with Gasteiger partial charge in [0.05, 0.1) is 10.8 Å². The number of para-hydroxylation sites is 2. The zero-order chi connectivity index (χ0) is 32.5. The summed E-state index contributed by atoms with van der Waals surface area (Å²) in [7, 11) is 0. The summed E-state index contributed by atoms with van der Waals surface area (Å²) in [5.74, 6) is 1.68. The quantitative estimate of drug-likeness (QED) is 0.171. The fraction of sp³-hybridized carbons (Fsp3) is 0. The number of hydrogen-bond acceptors (Lipinski definition) is 6. The number of ether oxygens (including phenoxy) is 2. The SMILES string of the molecule is O=c1c2ccc3[nH+]c4c(ccc5c(=O)c6c(Oc7ccccc7)cccc6c(=O)c54)[nH+]c3c2c(=O)c2cccc(Oc3ccccc3)c12. The highest BCUT2D eigenvalue weighted by atomic mass is 16.5. The second kappa shape index (κ2) is 10.4. The number of aromatic amines is 2. The fourth-order valence-corrected chi connectivity index (χ4v) is 6.64. The van der Waals surface area contributed by atoms with Gasteiger partial charge in [-0.2, -0.15) is 9.97 Å². The molecular formula is C40H22N2O6+2. The van der Waals surface area contributed by atoms with Crippen LogP contribution in [0.15, 0.2) is 141 Å². The Morgan fingerprint density at radius 2 is 0.729 bits per heavy atom. The molecule has 2 N–H and O–H groups in total. The second-order valence-electron chi connectivity index (χ2n) is 11.6. The highest BCUT2D eigenvalue weighted by Crippen LogP contribution is 2.31. The molecule has 1 heterocycles. The molecule has 0 bridgehead atoms. The summed E-state index contributed by atoms with van der Waals surface area (Å²) in [6.45, 7) is 0. The molecule has 0 spiro atoms. The highest BCUT2D eigenvalue weighted by molar-refractivity contribution is 6.11. The number of H-pyrrole nitrogens is 2. The largest absolute Gasteiger partial charge is 0.457 e. The van der Waals surface area contributed by atoms with Gasteiger partial charge in [-0.15, -0.1) is 0 Å². The number of fused-ring (bicyclic) bond motifs is 8. The van der Waals surface area contributed by atoms with E-state index in [4.69, 9.17) is 9.47 Å². The van der Waals surface area contributed by atoms with Gasteiger partial charge in [0.15, 0.2) is 10.9 Å². The average Bonchev–Trinajstić information content (AvgIpc) is 3.12. The van der Waals surface area contributed by atoms with Gasteiger partial charge in [0.2, 0.25) is 10.9 Å². The number of hydrogen-bond donors (Lipinski definition) is 0. The van der Waals surface area contributed by atoms with E-state index < -0.39 is 0 Å². The molecule has 9 rings (SSSR count).